The summed E-state index contributed by atoms with van der Waals surface area (Å²) in [6.45, 7) is 12.4. The number of nitrogens with zero attached hydrogens (tertiary/aromatic N) is 1. The van der Waals surface area contributed by atoms with E-state index >= 15 is 0 Å². The van der Waals surface area contributed by atoms with Crippen molar-refractivity contribution in [3.8, 4) is 0 Å². The molecule has 0 bridgehead atoms. The molecule has 14 heavy (non-hydrogen) atoms. The van der Waals surface area contributed by atoms with E-state index in [2.05, 4.69) is 31.0 Å². The van der Waals surface area contributed by atoms with Crippen molar-refractivity contribution < 1.29 is 0 Å². The summed E-state index contributed by atoms with van der Waals surface area (Å²) in [5, 5.41) is 3.37. The Hall–Kier alpha value is -0.120. The van der Waals surface area contributed by atoms with Gasteiger partial charge < -0.3 is 16.0 Å². The molecule has 0 radical (unpaired) electrons. The second kappa shape index (κ2) is 5.10. The van der Waals surface area contributed by atoms with Crippen molar-refractivity contribution in [1.82, 2.24) is 10.2 Å². The van der Waals surface area contributed by atoms with Crippen LogP contribution < -0.4 is 11.1 Å². The van der Waals surface area contributed by atoms with Crippen LogP contribution >= 0.6 is 0 Å². The summed E-state index contributed by atoms with van der Waals surface area (Å²) in [7, 11) is 0. The van der Waals surface area contributed by atoms with Crippen molar-refractivity contribution in [2.75, 3.05) is 32.7 Å². The van der Waals surface area contributed by atoms with E-state index < -0.39 is 0 Å². The molecule has 0 aromatic carbocycles. The van der Waals surface area contributed by atoms with Gasteiger partial charge in [-0.1, -0.05) is 20.8 Å². The van der Waals surface area contributed by atoms with E-state index in [1.54, 1.807) is 0 Å². The molecule has 1 unspecified atom stereocenters. The fourth-order valence-electron chi connectivity index (χ4n) is 2.12. The summed E-state index contributed by atoms with van der Waals surface area (Å²) in [5.74, 6) is 0. The lowest BCUT2D eigenvalue weighted by atomic mass is 9.83. The summed E-state index contributed by atoms with van der Waals surface area (Å²) < 4.78 is 0. The Morgan fingerprint density at radius 3 is 2.43 bits per heavy atom. The van der Waals surface area contributed by atoms with Crippen LogP contribution in [0.15, 0.2) is 0 Å². The van der Waals surface area contributed by atoms with E-state index in [0.717, 1.165) is 26.1 Å². The maximum absolute atomic E-state index is 6.13. The highest BCUT2D eigenvalue weighted by Gasteiger charge is 2.27. The number of hydrogen-bond acceptors (Lipinski definition) is 3. The molecule has 1 rings (SSSR count). The SMILES string of the molecule is CCC(N)C(C)(C)CN1CCNCC1. The van der Waals surface area contributed by atoms with Crippen molar-refractivity contribution >= 4 is 0 Å². The summed E-state index contributed by atoms with van der Waals surface area (Å²) >= 11 is 0. The van der Waals surface area contributed by atoms with Gasteiger partial charge in [-0.05, 0) is 11.8 Å². The van der Waals surface area contributed by atoms with Gasteiger partial charge in [-0.25, -0.2) is 0 Å². The first kappa shape index (κ1) is 12.0. The largest absolute Gasteiger partial charge is 0.327 e. The van der Waals surface area contributed by atoms with Gasteiger partial charge in [-0.3, -0.25) is 0 Å². The molecular formula is C11H25N3. The number of hydrogen-bond donors (Lipinski definition) is 2. The highest BCUT2D eigenvalue weighted by Crippen LogP contribution is 2.22. The lowest BCUT2D eigenvalue weighted by molar-refractivity contribution is 0.137. The molecule has 0 spiro atoms. The third-order valence-corrected chi connectivity index (χ3v) is 3.28. The molecule has 84 valence electrons. The molecule has 1 fully saturated rings. The van der Waals surface area contributed by atoms with Crippen molar-refractivity contribution in [3.63, 3.8) is 0 Å². The summed E-state index contributed by atoms with van der Waals surface area (Å²) in [5.41, 5.74) is 6.37. The first-order chi connectivity index (χ1) is 6.56. The van der Waals surface area contributed by atoms with Crippen LogP contribution in [0.25, 0.3) is 0 Å². The fourth-order valence-corrected chi connectivity index (χ4v) is 2.12. The smallest absolute Gasteiger partial charge is 0.0108 e. The Morgan fingerprint density at radius 2 is 1.93 bits per heavy atom. The van der Waals surface area contributed by atoms with Gasteiger partial charge in [0.1, 0.15) is 0 Å². The van der Waals surface area contributed by atoms with Gasteiger partial charge in [-0.15, -0.1) is 0 Å². The lowest BCUT2D eigenvalue weighted by Gasteiger charge is -2.38. The third kappa shape index (κ3) is 3.23. The topological polar surface area (TPSA) is 41.3 Å². The van der Waals surface area contributed by atoms with Crippen LogP contribution in [0.5, 0.6) is 0 Å². The molecule has 0 aliphatic carbocycles. The maximum Gasteiger partial charge on any atom is 0.0108 e. The quantitative estimate of drug-likeness (QED) is 0.699. The molecule has 1 atom stereocenters. The van der Waals surface area contributed by atoms with Crippen LogP contribution in [0.3, 0.4) is 0 Å². The Bertz CT molecular complexity index is 162. The predicted octanol–water partition coefficient (Wildman–Crippen LogP) is 0.655. The highest BCUT2D eigenvalue weighted by atomic mass is 15.2. The molecule has 1 saturated heterocycles. The number of piperazine rings is 1. The average Bonchev–Trinajstić information content (AvgIpc) is 2.17. The Balaban J connectivity index is 2.40. The van der Waals surface area contributed by atoms with Crippen molar-refractivity contribution in [2.24, 2.45) is 11.1 Å². The van der Waals surface area contributed by atoms with Crippen molar-refractivity contribution in [2.45, 2.75) is 33.2 Å². The Kier molecular flexibility index (Phi) is 4.35. The van der Waals surface area contributed by atoms with Gasteiger partial charge in [-0.2, -0.15) is 0 Å². The zero-order chi connectivity index (χ0) is 10.6. The van der Waals surface area contributed by atoms with E-state index in [9.17, 15) is 0 Å². The Labute approximate surface area is 88.0 Å². The Morgan fingerprint density at radius 1 is 1.36 bits per heavy atom. The van der Waals surface area contributed by atoms with Crippen LogP contribution in [-0.4, -0.2) is 43.7 Å². The average molecular weight is 199 g/mol. The first-order valence-electron chi connectivity index (χ1n) is 5.75. The molecule has 3 nitrogen and oxygen atoms in total. The van der Waals surface area contributed by atoms with Crippen molar-refractivity contribution in [3.05, 3.63) is 0 Å². The fraction of sp³-hybridized carbons (Fsp3) is 1.00. The molecule has 1 aliphatic heterocycles. The van der Waals surface area contributed by atoms with E-state index in [-0.39, 0.29) is 5.41 Å². The van der Waals surface area contributed by atoms with Gasteiger partial charge in [0, 0.05) is 38.8 Å². The van der Waals surface area contributed by atoms with Gasteiger partial charge in [0.25, 0.3) is 0 Å². The lowest BCUT2D eigenvalue weighted by Crippen LogP contribution is -2.51. The zero-order valence-electron chi connectivity index (χ0n) is 9.84. The molecule has 0 amide bonds. The second-order valence-corrected chi connectivity index (χ2v) is 5.03. The number of rotatable bonds is 4. The van der Waals surface area contributed by atoms with Gasteiger partial charge in [0.05, 0.1) is 0 Å². The van der Waals surface area contributed by atoms with Crippen molar-refractivity contribution in [1.29, 1.82) is 0 Å². The van der Waals surface area contributed by atoms with Crippen LogP contribution in [-0.2, 0) is 0 Å². The monoisotopic (exact) mass is 199 g/mol. The molecule has 1 heterocycles. The normalized spacial score (nSPS) is 22.3. The van der Waals surface area contributed by atoms with Crippen LogP contribution in [0.4, 0.5) is 0 Å². The highest BCUT2D eigenvalue weighted by molar-refractivity contribution is 4.84. The number of nitrogens with one attached hydrogen (secondary N) is 1. The summed E-state index contributed by atoms with van der Waals surface area (Å²) in [6, 6.07) is 0.317. The summed E-state index contributed by atoms with van der Waals surface area (Å²) in [6.07, 6.45) is 1.07. The minimum atomic E-state index is 0.242. The van der Waals surface area contributed by atoms with E-state index in [1.165, 1.54) is 13.1 Å². The molecule has 3 heteroatoms. The zero-order valence-corrected chi connectivity index (χ0v) is 9.84. The van der Waals surface area contributed by atoms with Gasteiger partial charge in [0.15, 0.2) is 0 Å². The second-order valence-electron chi connectivity index (χ2n) is 5.03. The number of nitrogens with two attached hydrogens (primary N) is 1. The third-order valence-electron chi connectivity index (χ3n) is 3.28. The van der Waals surface area contributed by atoms with Gasteiger partial charge >= 0.3 is 0 Å². The summed E-state index contributed by atoms with van der Waals surface area (Å²) in [4.78, 5) is 2.52. The molecule has 0 saturated carbocycles. The van der Waals surface area contributed by atoms with E-state index in [0.29, 0.717) is 6.04 Å². The van der Waals surface area contributed by atoms with Crippen LogP contribution in [0.1, 0.15) is 27.2 Å². The minimum absolute atomic E-state index is 0.242. The molecule has 0 aromatic rings. The minimum Gasteiger partial charge on any atom is -0.327 e. The van der Waals surface area contributed by atoms with E-state index in [4.69, 9.17) is 5.73 Å². The maximum atomic E-state index is 6.13. The van der Waals surface area contributed by atoms with Crippen LogP contribution in [0, 0.1) is 5.41 Å². The van der Waals surface area contributed by atoms with Crippen LogP contribution in [0.2, 0.25) is 0 Å². The standard InChI is InChI=1S/C11H25N3/c1-4-10(12)11(2,3)9-14-7-5-13-6-8-14/h10,13H,4-9,12H2,1-3H3. The van der Waals surface area contributed by atoms with Gasteiger partial charge in [0.2, 0.25) is 0 Å². The molecule has 3 N–H and O–H groups in total. The first-order valence-corrected chi connectivity index (χ1v) is 5.75. The van der Waals surface area contributed by atoms with E-state index in [1.807, 2.05) is 0 Å². The predicted molar refractivity (Wildman–Crippen MR) is 61.4 cm³/mol. The molecule has 1 aliphatic rings. The molecule has 0 aromatic heterocycles. The molecular weight excluding hydrogens is 174 g/mol.